The van der Waals surface area contributed by atoms with E-state index >= 15 is 0 Å². The lowest BCUT2D eigenvalue weighted by Crippen LogP contribution is -2.36. The summed E-state index contributed by atoms with van der Waals surface area (Å²) in [6.07, 6.45) is 0. The molecular formula is C16H28O4Si. The van der Waals surface area contributed by atoms with Crippen molar-refractivity contribution >= 4 is 20.0 Å². The van der Waals surface area contributed by atoms with Crippen LogP contribution in [0.5, 0.6) is 0 Å². The summed E-state index contributed by atoms with van der Waals surface area (Å²) in [5, 5.41) is 0. The highest BCUT2D eigenvalue weighted by molar-refractivity contribution is 6.83. The zero-order valence-corrected chi connectivity index (χ0v) is 15.3. The van der Waals surface area contributed by atoms with E-state index in [0.717, 1.165) is 0 Å². The normalized spacial score (nSPS) is 13.9. The molecule has 0 radical (unpaired) electrons. The minimum Gasteiger partial charge on any atom is -0.465 e. The average molecular weight is 312 g/mol. The molecule has 0 aromatic heterocycles. The molecule has 2 atom stereocenters. The molecule has 0 bridgehead atoms. The van der Waals surface area contributed by atoms with E-state index in [1.54, 1.807) is 13.8 Å². The molecule has 0 saturated carbocycles. The molecule has 4 nitrogen and oxygen atoms in total. The monoisotopic (exact) mass is 312 g/mol. The fraction of sp³-hybridized carbons (Fsp3) is 0.750. The molecule has 0 aliphatic rings. The first-order chi connectivity index (χ1) is 9.64. The summed E-state index contributed by atoms with van der Waals surface area (Å²) in [6.45, 7) is 14.2. The molecule has 0 spiro atoms. The number of ether oxygens (including phenoxy) is 2. The summed E-state index contributed by atoms with van der Waals surface area (Å²) in [4.78, 5) is 24.1. The van der Waals surface area contributed by atoms with Crippen LogP contribution in [0.15, 0.2) is 0 Å². The third kappa shape index (κ3) is 7.33. The highest BCUT2D eigenvalue weighted by Crippen LogP contribution is 2.23. The van der Waals surface area contributed by atoms with Crippen molar-refractivity contribution in [2.75, 3.05) is 13.2 Å². The largest absolute Gasteiger partial charge is 0.465 e. The Labute approximate surface area is 129 Å². The highest BCUT2D eigenvalue weighted by atomic mass is 28.3. The number of carbonyl (C=O) groups excluding carboxylic acids is 2. The summed E-state index contributed by atoms with van der Waals surface area (Å²) in [6, 6.07) is 0. The van der Waals surface area contributed by atoms with E-state index in [1.165, 1.54) is 0 Å². The van der Waals surface area contributed by atoms with Crippen LogP contribution in [0, 0.1) is 29.2 Å². The van der Waals surface area contributed by atoms with Crippen molar-refractivity contribution in [3.63, 3.8) is 0 Å². The van der Waals surface area contributed by atoms with Gasteiger partial charge in [-0.15, -0.1) is 11.5 Å². The fourth-order valence-corrected chi connectivity index (χ4v) is 2.40. The summed E-state index contributed by atoms with van der Waals surface area (Å²) in [5.41, 5.74) is 3.28. The standard InChI is InChI=1S/C16H28O4Si/c1-8-19-15(17)14(16(18)20-9-2)13(4)12(3)10-11-21(5,6)7/h12-14H,8-9H2,1-7H3/t12-,13-/m0/s1. The van der Waals surface area contributed by atoms with Crippen LogP contribution >= 0.6 is 0 Å². The Hall–Kier alpha value is -1.28. The lowest BCUT2D eigenvalue weighted by atomic mass is 9.84. The Kier molecular flexibility index (Phi) is 8.34. The van der Waals surface area contributed by atoms with Gasteiger partial charge in [0.2, 0.25) is 0 Å². The van der Waals surface area contributed by atoms with Gasteiger partial charge in [0.1, 0.15) is 8.07 Å². The highest BCUT2D eigenvalue weighted by Gasteiger charge is 2.37. The van der Waals surface area contributed by atoms with E-state index < -0.39 is 25.9 Å². The predicted molar refractivity (Wildman–Crippen MR) is 86.2 cm³/mol. The molecule has 0 aromatic carbocycles. The summed E-state index contributed by atoms with van der Waals surface area (Å²) >= 11 is 0. The summed E-state index contributed by atoms with van der Waals surface area (Å²) in [5.74, 6) is 0.923. The number of rotatable bonds is 6. The molecule has 0 unspecified atom stereocenters. The third-order valence-corrected chi connectivity index (χ3v) is 3.96. The molecule has 0 aromatic rings. The summed E-state index contributed by atoms with van der Waals surface area (Å²) < 4.78 is 10.0. The van der Waals surface area contributed by atoms with Gasteiger partial charge in [-0.3, -0.25) is 9.59 Å². The van der Waals surface area contributed by atoms with Gasteiger partial charge in [-0.2, -0.15) is 0 Å². The van der Waals surface area contributed by atoms with Gasteiger partial charge in [0.25, 0.3) is 0 Å². The van der Waals surface area contributed by atoms with Crippen molar-refractivity contribution < 1.29 is 19.1 Å². The van der Waals surface area contributed by atoms with Crippen LogP contribution < -0.4 is 0 Å². The first-order valence-corrected chi connectivity index (χ1v) is 11.0. The second-order valence-corrected chi connectivity index (χ2v) is 10.9. The molecule has 0 heterocycles. The molecule has 0 saturated heterocycles. The first-order valence-electron chi connectivity index (χ1n) is 7.50. The Morgan fingerprint density at radius 3 is 1.76 bits per heavy atom. The molecule has 0 aliphatic carbocycles. The molecule has 0 N–H and O–H groups in total. The van der Waals surface area contributed by atoms with E-state index in [0.29, 0.717) is 0 Å². The van der Waals surface area contributed by atoms with Gasteiger partial charge < -0.3 is 9.47 Å². The van der Waals surface area contributed by atoms with Gasteiger partial charge in [-0.1, -0.05) is 33.5 Å². The van der Waals surface area contributed by atoms with E-state index in [2.05, 4.69) is 31.1 Å². The smallest absolute Gasteiger partial charge is 0.320 e. The van der Waals surface area contributed by atoms with Crippen molar-refractivity contribution in [3.05, 3.63) is 0 Å². The van der Waals surface area contributed by atoms with Gasteiger partial charge in [0.15, 0.2) is 5.92 Å². The minimum absolute atomic E-state index is 0.0736. The zero-order valence-electron chi connectivity index (χ0n) is 14.3. The Morgan fingerprint density at radius 2 is 1.43 bits per heavy atom. The van der Waals surface area contributed by atoms with Crippen LogP contribution in [0.2, 0.25) is 19.6 Å². The first kappa shape index (κ1) is 19.7. The maximum Gasteiger partial charge on any atom is 0.320 e. The molecule has 0 rings (SSSR count). The zero-order chi connectivity index (χ0) is 16.6. The third-order valence-electron chi connectivity index (χ3n) is 3.07. The van der Waals surface area contributed by atoms with Crippen LogP contribution in [0.4, 0.5) is 0 Å². The lowest BCUT2D eigenvalue weighted by molar-refractivity contribution is -0.164. The van der Waals surface area contributed by atoms with Crippen molar-refractivity contribution in [1.82, 2.24) is 0 Å². The van der Waals surface area contributed by atoms with Crippen LogP contribution in [0.1, 0.15) is 27.7 Å². The number of carbonyl (C=O) groups is 2. The average Bonchev–Trinajstić information content (AvgIpc) is 2.35. The van der Waals surface area contributed by atoms with Crippen LogP contribution in [0.25, 0.3) is 0 Å². The SMILES string of the molecule is CCOC(=O)C(C(=O)OCC)[C@@H](C)[C@@H](C)C#C[Si](C)(C)C. The van der Waals surface area contributed by atoms with Crippen LogP contribution in [-0.2, 0) is 19.1 Å². The Balaban J connectivity index is 5.17. The van der Waals surface area contributed by atoms with Gasteiger partial charge >= 0.3 is 11.9 Å². The molecule has 120 valence electrons. The Bertz CT molecular complexity index is 396. The van der Waals surface area contributed by atoms with Gasteiger partial charge in [-0.05, 0) is 19.8 Å². The second-order valence-electron chi connectivity index (χ2n) is 6.15. The van der Waals surface area contributed by atoms with E-state index in [9.17, 15) is 9.59 Å². The van der Waals surface area contributed by atoms with Gasteiger partial charge in [0, 0.05) is 5.92 Å². The molecule has 0 aliphatic heterocycles. The van der Waals surface area contributed by atoms with E-state index in [-0.39, 0.29) is 25.0 Å². The minimum atomic E-state index is -1.48. The van der Waals surface area contributed by atoms with Gasteiger partial charge in [-0.25, -0.2) is 0 Å². The predicted octanol–water partition coefficient (Wildman–Crippen LogP) is 2.88. The second kappa shape index (κ2) is 8.88. The van der Waals surface area contributed by atoms with Crippen LogP contribution in [0.3, 0.4) is 0 Å². The topological polar surface area (TPSA) is 52.6 Å². The number of esters is 2. The quantitative estimate of drug-likeness (QED) is 0.327. The van der Waals surface area contributed by atoms with Crippen molar-refractivity contribution in [2.45, 2.75) is 47.3 Å². The molecule has 0 amide bonds. The molecule has 21 heavy (non-hydrogen) atoms. The molecule has 0 fully saturated rings. The Morgan fingerprint density at radius 1 is 1.00 bits per heavy atom. The molecule has 5 heteroatoms. The van der Waals surface area contributed by atoms with Crippen molar-refractivity contribution in [2.24, 2.45) is 17.8 Å². The van der Waals surface area contributed by atoms with Crippen LogP contribution in [-0.4, -0.2) is 33.2 Å². The lowest BCUT2D eigenvalue weighted by Gasteiger charge is -2.23. The van der Waals surface area contributed by atoms with E-state index in [1.807, 2.05) is 13.8 Å². The maximum absolute atomic E-state index is 12.0. The van der Waals surface area contributed by atoms with E-state index in [4.69, 9.17) is 9.47 Å². The van der Waals surface area contributed by atoms with Crippen molar-refractivity contribution in [3.8, 4) is 11.5 Å². The summed E-state index contributed by atoms with van der Waals surface area (Å²) in [7, 11) is -1.48. The molecular weight excluding hydrogens is 284 g/mol. The fourth-order valence-electron chi connectivity index (χ4n) is 1.74. The van der Waals surface area contributed by atoms with Crippen molar-refractivity contribution in [1.29, 1.82) is 0 Å². The number of hydrogen-bond donors (Lipinski definition) is 0. The maximum atomic E-state index is 12.0. The van der Waals surface area contributed by atoms with Gasteiger partial charge in [0.05, 0.1) is 13.2 Å². The number of hydrogen-bond acceptors (Lipinski definition) is 4.